The van der Waals surface area contributed by atoms with Crippen molar-refractivity contribution in [1.29, 1.82) is 0 Å². The second-order valence-electron chi connectivity index (χ2n) is 3.98. The van der Waals surface area contributed by atoms with E-state index in [9.17, 15) is 4.79 Å². The van der Waals surface area contributed by atoms with Crippen LogP contribution < -0.4 is 16.0 Å². The summed E-state index contributed by atoms with van der Waals surface area (Å²) in [4.78, 5) is 13.8. The van der Waals surface area contributed by atoms with Crippen molar-refractivity contribution in [2.24, 2.45) is 0 Å². The van der Waals surface area contributed by atoms with Crippen molar-refractivity contribution < 1.29 is 9.42 Å². The molecule has 3 N–H and O–H groups in total. The highest BCUT2D eigenvalue weighted by Crippen LogP contribution is 2.32. The molecular formula is C11H12ClN5O2. The third kappa shape index (κ3) is 2.60. The number of carbonyl (C=O) groups excluding carboxylic acids is 1. The number of benzene rings is 1. The molecule has 0 aliphatic carbocycles. The topological polar surface area (TPSA) is 97.3 Å². The molecule has 2 rings (SSSR count). The van der Waals surface area contributed by atoms with Crippen molar-refractivity contribution in [2.75, 3.05) is 30.0 Å². The van der Waals surface area contributed by atoms with Crippen LogP contribution in [0.25, 0.3) is 0 Å². The normalized spacial score (nSPS) is 10.3. The van der Waals surface area contributed by atoms with E-state index >= 15 is 0 Å². The summed E-state index contributed by atoms with van der Waals surface area (Å²) in [6, 6.07) is 5.19. The second-order valence-corrected chi connectivity index (χ2v) is 4.39. The van der Waals surface area contributed by atoms with E-state index in [1.165, 1.54) is 0 Å². The molecule has 0 saturated heterocycles. The molecule has 0 fully saturated rings. The fraction of sp³-hybridized carbons (Fsp3) is 0.182. The molecule has 0 spiro atoms. The highest BCUT2D eigenvalue weighted by molar-refractivity contribution is 6.34. The third-order valence-electron chi connectivity index (χ3n) is 2.41. The first-order valence-electron chi connectivity index (χ1n) is 5.36. The van der Waals surface area contributed by atoms with Gasteiger partial charge in [0.15, 0.2) is 0 Å². The van der Waals surface area contributed by atoms with Crippen LogP contribution in [0.1, 0.15) is 10.5 Å². The van der Waals surface area contributed by atoms with Gasteiger partial charge < -0.3 is 16.0 Å². The van der Waals surface area contributed by atoms with E-state index < -0.39 is 5.91 Å². The fourth-order valence-corrected chi connectivity index (χ4v) is 1.95. The Kier molecular flexibility index (Phi) is 3.57. The first-order chi connectivity index (χ1) is 9.00. The minimum Gasteiger partial charge on any atom is -0.379 e. The Hall–Kier alpha value is -2.28. The van der Waals surface area contributed by atoms with E-state index in [1.807, 2.05) is 14.1 Å². The average Bonchev–Trinajstić information content (AvgIpc) is 2.75. The Morgan fingerprint density at radius 2 is 2.16 bits per heavy atom. The largest absolute Gasteiger partial charge is 0.379 e. The minimum atomic E-state index is -0.510. The number of anilines is 3. The standard InChI is InChI=1S/C11H12ClN5O2/c1-17(2)9-6(12)4-3-5-7(9)14-11(18)8-10(13)16-19-15-8/h3-5H,1-2H3,(H2,13,16)(H,14,18). The van der Waals surface area contributed by atoms with Crippen molar-refractivity contribution >= 4 is 34.7 Å². The molecule has 1 aromatic carbocycles. The van der Waals surface area contributed by atoms with Crippen LogP contribution in [0, 0.1) is 0 Å². The van der Waals surface area contributed by atoms with Crippen molar-refractivity contribution in [3.63, 3.8) is 0 Å². The molecule has 100 valence electrons. The van der Waals surface area contributed by atoms with E-state index in [-0.39, 0.29) is 11.5 Å². The van der Waals surface area contributed by atoms with Crippen LogP contribution in [-0.4, -0.2) is 30.3 Å². The van der Waals surface area contributed by atoms with Crippen LogP contribution in [0.4, 0.5) is 17.2 Å². The van der Waals surface area contributed by atoms with Gasteiger partial charge in [0, 0.05) is 14.1 Å². The Morgan fingerprint density at radius 1 is 1.42 bits per heavy atom. The van der Waals surface area contributed by atoms with Gasteiger partial charge in [-0.2, -0.15) is 0 Å². The van der Waals surface area contributed by atoms with Gasteiger partial charge in [0.1, 0.15) is 0 Å². The number of hydrogen-bond acceptors (Lipinski definition) is 6. The van der Waals surface area contributed by atoms with Gasteiger partial charge in [-0.1, -0.05) is 17.7 Å². The maximum absolute atomic E-state index is 12.0. The Morgan fingerprint density at radius 3 is 2.74 bits per heavy atom. The lowest BCUT2D eigenvalue weighted by Crippen LogP contribution is -2.18. The molecule has 8 heteroatoms. The molecule has 0 saturated carbocycles. The first kappa shape index (κ1) is 13.2. The number of rotatable bonds is 3. The number of aromatic nitrogens is 2. The predicted molar refractivity (Wildman–Crippen MR) is 72.4 cm³/mol. The molecule has 0 atom stereocenters. The summed E-state index contributed by atoms with van der Waals surface area (Å²) in [5, 5.41) is 9.98. The Labute approximate surface area is 114 Å². The van der Waals surface area contributed by atoms with Crippen LogP contribution in [-0.2, 0) is 0 Å². The zero-order valence-corrected chi connectivity index (χ0v) is 11.1. The van der Waals surface area contributed by atoms with Crippen molar-refractivity contribution in [3.05, 3.63) is 28.9 Å². The zero-order valence-electron chi connectivity index (χ0n) is 10.3. The molecule has 1 amide bonds. The third-order valence-corrected chi connectivity index (χ3v) is 2.72. The Bertz CT molecular complexity index is 611. The lowest BCUT2D eigenvalue weighted by atomic mass is 10.2. The van der Waals surface area contributed by atoms with E-state index in [0.717, 1.165) is 0 Å². The molecule has 0 bridgehead atoms. The monoisotopic (exact) mass is 281 g/mol. The van der Waals surface area contributed by atoms with Crippen molar-refractivity contribution in [2.45, 2.75) is 0 Å². The highest BCUT2D eigenvalue weighted by atomic mass is 35.5. The van der Waals surface area contributed by atoms with Crippen LogP contribution >= 0.6 is 11.6 Å². The number of hydrogen-bond donors (Lipinski definition) is 2. The maximum Gasteiger partial charge on any atom is 0.281 e. The smallest absolute Gasteiger partial charge is 0.281 e. The van der Waals surface area contributed by atoms with Crippen LogP contribution in [0.3, 0.4) is 0 Å². The number of nitrogen functional groups attached to an aromatic ring is 1. The lowest BCUT2D eigenvalue weighted by molar-refractivity contribution is 0.101. The number of amides is 1. The summed E-state index contributed by atoms with van der Waals surface area (Å²) in [5.74, 6) is -0.574. The molecule has 1 heterocycles. The second kappa shape index (κ2) is 5.15. The van der Waals surface area contributed by atoms with Gasteiger partial charge in [-0.05, 0) is 22.4 Å². The number of nitrogens with zero attached hydrogens (tertiary/aromatic N) is 3. The van der Waals surface area contributed by atoms with Gasteiger partial charge in [0.05, 0.1) is 16.4 Å². The molecule has 0 unspecified atom stereocenters. The van der Waals surface area contributed by atoms with Gasteiger partial charge in [-0.3, -0.25) is 4.79 Å². The van der Waals surface area contributed by atoms with Crippen LogP contribution in [0.5, 0.6) is 0 Å². The number of nitrogens with one attached hydrogen (secondary N) is 1. The number of carbonyl (C=O) groups is 1. The Balaban J connectivity index is 2.32. The molecule has 19 heavy (non-hydrogen) atoms. The van der Waals surface area contributed by atoms with Crippen molar-refractivity contribution in [3.8, 4) is 0 Å². The van der Waals surface area contributed by atoms with Gasteiger partial charge in [-0.15, -0.1) is 0 Å². The molecule has 7 nitrogen and oxygen atoms in total. The van der Waals surface area contributed by atoms with Crippen LogP contribution in [0.15, 0.2) is 22.8 Å². The first-order valence-corrected chi connectivity index (χ1v) is 5.73. The highest BCUT2D eigenvalue weighted by Gasteiger charge is 2.18. The number of halogens is 1. The summed E-state index contributed by atoms with van der Waals surface area (Å²) in [5.41, 5.74) is 6.63. The summed E-state index contributed by atoms with van der Waals surface area (Å²) < 4.78 is 4.38. The van der Waals surface area contributed by atoms with Gasteiger partial charge >= 0.3 is 0 Å². The van der Waals surface area contributed by atoms with Gasteiger partial charge in [0.2, 0.25) is 11.5 Å². The summed E-state index contributed by atoms with van der Waals surface area (Å²) in [6.45, 7) is 0. The molecule has 0 radical (unpaired) electrons. The molecule has 0 aliphatic heterocycles. The average molecular weight is 282 g/mol. The van der Waals surface area contributed by atoms with Gasteiger partial charge in [-0.25, -0.2) is 4.63 Å². The molecule has 2 aromatic rings. The van der Waals surface area contributed by atoms with Gasteiger partial charge in [0.25, 0.3) is 5.91 Å². The summed E-state index contributed by atoms with van der Waals surface area (Å²) in [7, 11) is 3.64. The quantitative estimate of drug-likeness (QED) is 0.887. The van der Waals surface area contributed by atoms with Crippen LogP contribution in [0.2, 0.25) is 5.02 Å². The molecule has 1 aromatic heterocycles. The van der Waals surface area contributed by atoms with E-state index in [0.29, 0.717) is 16.4 Å². The summed E-state index contributed by atoms with van der Waals surface area (Å²) in [6.07, 6.45) is 0. The van der Waals surface area contributed by atoms with E-state index in [4.69, 9.17) is 17.3 Å². The van der Waals surface area contributed by atoms with Crippen molar-refractivity contribution in [1.82, 2.24) is 10.3 Å². The molecule has 0 aliphatic rings. The fourth-order valence-electron chi connectivity index (χ4n) is 1.61. The number of para-hydroxylation sites is 1. The SMILES string of the molecule is CN(C)c1c(Cl)cccc1NC(=O)c1nonc1N. The predicted octanol–water partition coefficient (Wildman–Crippen LogP) is 1.62. The van der Waals surface area contributed by atoms with E-state index in [2.05, 4.69) is 20.3 Å². The lowest BCUT2D eigenvalue weighted by Gasteiger charge is -2.19. The number of nitrogens with two attached hydrogens (primary N) is 1. The van der Waals surface area contributed by atoms with E-state index in [1.54, 1.807) is 23.1 Å². The minimum absolute atomic E-state index is 0.0640. The maximum atomic E-state index is 12.0. The molecular weight excluding hydrogens is 270 g/mol. The summed E-state index contributed by atoms with van der Waals surface area (Å²) >= 11 is 6.10. The zero-order chi connectivity index (χ0) is 14.0.